The Morgan fingerprint density at radius 2 is 2.11 bits per heavy atom. The number of nitrogens with one attached hydrogen (secondary N) is 1. The first kappa shape index (κ1) is 13.8. The molecule has 0 aromatic carbocycles. The molecular weight excluding hydrogens is 252 g/mol. The first-order valence-electron chi connectivity index (χ1n) is 8.25. The van der Waals surface area contributed by atoms with Gasteiger partial charge in [-0.05, 0) is 42.9 Å². The topological polar surface area (TPSA) is 24.4 Å². The van der Waals surface area contributed by atoms with Crippen molar-refractivity contribution in [3.63, 3.8) is 0 Å². The Balaban J connectivity index is 1.42. The van der Waals surface area contributed by atoms with Gasteiger partial charge in [0.25, 0.3) is 0 Å². The lowest BCUT2D eigenvalue weighted by Crippen LogP contribution is -2.29. The second-order valence-electron chi connectivity index (χ2n) is 6.69. The van der Waals surface area contributed by atoms with Gasteiger partial charge in [0.05, 0.1) is 6.54 Å². The number of aliphatic imine (C=N–C) groups is 1. The van der Waals surface area contributed by atoms with Crippen molar-refractivity contribution in [3.05, 3.63) is 0 Å². The van der Waals surface area contributed by atoms with E-state index in [4.69, 9.17) is 4.99 Å². The molecule has 3 heteroatoms. The summed E-state index contributed by atoms with van der Waals surface area (Å²) in [4.78, 5) is 4.73. The van der Waals surface area contributed by atoms with Gasteiger partial charge in [0.2, 0.25) is 0 Å². The Bertz CT molecular complexity index is 338. The fourth-order valence-corrected chi connectivity index (χ4v) is 5.72. The molecule has 1 heterocycles. The maximum Gasteiger partial charge on any atom is 0.156 e. The number of hydrogen-bond acceptors (Lipinski definition) is 3. The molecule has 3 rings (SSSR count). The van der Waals surface area contributed by atoms with E-state index in [9.17, 15) is 0 Å². The number of fused-ring (bicyclic) bond motifs is 2. The second kappa shape index (κ2) is 6.07. The van der Waals surface area contributed by atoms with Gasteiger partial charge in [-0.1, -0.05) is 44.9 Å². The van der Waals surface area contributed by atoms with Crippen LogP contribution in [0, 0.1) is 23.7 Å². The first-order valence-corrected chi connectivity index (χ1v) is 9.13. The maximum atomic E-state index is 4.73. The molecule has 0 radical (unpaired) electrons. The molecule has 0 spiro atoms. The monoisotopic (exact) mass is 280 g/mol. The normalized spacial score (nSPS) is 37.1. The van der Waals surface area contributed by atoms with Crippen molar-refractivity contribution in [3.8, 4) is 0 Å². The molecule has 19 heavy (non-hydrogen) atoms. The van der Waals surface area contributed by atoms with Crippen LogP contribution in [0.2, 0.25) is 0 Å². The maximum absolute atomic E-state index is 4.73. The molecule has 2 aliphatic carbocycles. The zero-order chi connectivity index (χ0) is 13.2. The van der Waals surface area contributed by atoms with Gasteiger partial charge in [0.15, 0.2) is 5.17 Å². The van der Waals surface area contributed by atoms with Gasteiger partial charge in [-0.3, -0.25) is 4.99 Å². The SMILES string of the molecule is CCC(CC)C1CN=C(NCC2CC3CCC2C3)S1. The van der Waals surface area contributed by atoms with E-state index in [1.165, 1.54) is 50.2 Å². The lowest BCUT2D eigenvalue weighted by atomic mass is 9.89. The van der Waals surface area contributed by atoms with Gasteiger partial charge in [-0.15, -0.1) is 0 Å². The molecule has 0 aromatic heterocycles. The smallest absolute Gasteiger partial charge is 0.156 e. The minimum Gasteiger partial charge on any atom is -0.365 e. The van der Waals surface area contributed by atoms with Crippen molar-refractivity contribution < 1.29 is 0 Å². The highest BCUT2D eigenvalue weighted by atomic mass is 32.2. The minimum absolute atomic E-state index is 0.734. The molecule has 2 bridgehead atoms. The van der Waals surface area contributed by atoms with Crippen molar-refractivity contribution in [2.75, 3.05) is 13.1 Å². The summed E-state index contributed by atoms with van der Waals surface area (Å²) in [5.74, 6) is 3.87. The largest absolute Gasteiger partial charge is 0.365 e. The van der Waals surface area contributed by atoms with Gasteiger partial charge >= 0.3 is 0 Å². The molecule has 2 nitrogen and oxygen atoms in total. The van der Waals surface area contributed by atoms with Gasteiger partial charge in [0, 0.05) is 11.8 Å². The molecular formula is C16H28N2S. The van der Waals surface area contributed by atoms with E-state index in [0.717, 1.165) is 35.5 Å². The molecule has 3 aliphatic rings. The summed E-state index contributed by atoms with van der Waals surface area (Å²) in [7, 11) is 0. The van der Waals surface area contributed by atoms with E-state index in [1.54, 1.807) is 0 Å². The Kier molecular flexibility index (Phi) is 4.40. The summed E-state index contributed by atoms with van der Waals surface area (Å²) in [6.07, 6.45) is 8.58. The van der Waals surface area contributed by atoms with Gasteiger partial charge in [0.1, 0.15) is 0 Å². The molecule has 4 unspecified atom stereocenters. The van der Waals surface area contributed by atoms with E-state index in [0.29, 0.717) is 0 Å². The Hall–Kier alpha value is -0.180. The fourth-order valence-electron chi connectivity index (χ4n) is 4.39. The predicted octanol–water partition coefficient (Wildman–Crippen LogP) is 3.92. The number of hydrogen-bond donors (Lipinski definition) is 1. The Labute approximate surface area is 122 Å². The third-order valence-electron chi connectivity index (χ3n) is 5.65. The third kappa shape index (κ3) is 2.96. The minimum atomic E-state index is 0.734. The zero-order valence-corrected chi connectivity index (χ0v) is 13.2. The van der Waals surface area contributed by atoms with Crippen LogP contribution < -0.4 is 5.32 Å². The van der Waals surface area contributed by atoms with Crippen molar-refractivity contribution >= 4 is 16.9 Å². The van der Waals surface area contributed by atoms with Crippen LogP contribution in [0.1, 0.15) is 52.4 Å². The number of nitrogens with zero attached hydrogens (tertiary/aromatic N) is 1. The highest BCUT2D eigenvalue weighted by molar-refractivity contribution is 8.14. The third-order valence-corrected chi connectivity index (χ3v) is 6.99. The second-order valence-corrected chi connectivity index (χ2v) is 7.92. The zero-order valence-electron chi connectivity index (χ0n) is 12.4. The van der Waals surface area contributed by atoms with Crippen molar-refractivity contribution in [2.24, 2.45) is 28.7 Å². The van der Waals surface area contributed by atoms with Crippen molar-refractivity contribution in [1.82, 2.24) is 5.32 Å². The summed E-state index contributed by atoms with van der Waals surface area (Å²) in [5.41, 5.74) is 0. The Morgan fingerprint density at radius 3 is 2.74 bits per heavy atom. The van der Waals surface area contributed by atoms with E-state index in [-0.39, 0.29) is 0 Å². The quantitative estimate of drug-likeness (QED) is 0.825. The van der Waals surface area contributed by atoms with Crippen LogP contribution in [-0.4, -0.2) is 23.5 Å². The number of thioether (sulfide) groups is 1. The predicted molar refractivity (Wildman–Crippen MR) is 84.7 cm³/mol. The van der Waals surface area contributed by atoms with Gasteiger partial charge < -0.3 is 5.32 Å². The van der Waals surface area contributed by atoms with Crippen LogP contribution >= 0.6 is 11.8 Å². The number of rotatable bonds is 5. The molecule has 4 atom stereocenters. The highest BCUT2D eigenvalue weighted by Crippen LogP contribution is 2.48. The van der Waals surface area contributed by atoms with Crippen molar-refractivity contribution in [1.29, 1.82) is 0 Å². The summed E-state index contributed by atoms with van der Waals surface area (Å²) >= 11 is 2.01. The molecule has 108 valence electrons. The molecule has 1 aliphatic heterocycles. The van der Waals surface area contributed by atoms with Gasteiger partial charge in [-0.25, -0.2) is 0 Å². The molecule has 0 amide bonds. The molecule has 0 aromatic rings. The van der Waals surface area contributed by atoms with Crippen LogP contribution in [0.25, 0.3) is 0 Å². The van der Waals surface area contributed by atoms with Crippen LogP contribution in [-0.2, 0) is 0 Å². The summed E-state index contributed by atoms with van der Waals surface area (Å²) in [5, 5.41) is 5.62. The van der Waals surface area contributed by atoms with E-state index >= 15 is 0 Å². The lowest BCUT2D eigenvalue weighted by Gasteiger charge is -2.23. The standard InChI is InChI=1S/C16H28N2S/c1-3-12(4-2)15-10-18-16(19-15)17-9-14-8-11-5-6-13(14)7-11/h11-15H,3-10H2,1-2H3,(H,17,18). The summed E-state index contributed by atoms with van der Waals surface area (Å²) in [6, 6.07) is 0. The van der Waals surface area contributed by atoms with Crippen LogP contribution in [0.4, 0.5) is 0 Å². The average molecular weight is 280 g/mol. The van der Waals surface area contributed by atoms with Crippen LogP contribution in [0.5, 0.6) is 0 Å². The van der Waals surface area contributed by atoms with E-state index < -0.39 is 0 Å². The Morgan fingerprint density at radius 1 is 1.26 bits per heavy atom. The van der Waals surface area contributed by atoms with Gasteiger partial charge in [-0.2, -0.15) is 0 Å². The summed E-state index contributed by atoms with van der Waals surface area (Å²) < 4.78 is 0. The molecule has 0 saturated heterocycles. The molecule has 1 N–H and O–H groups in total. The average Bonchev–Trinajstić information content (AvgIpc) is 3.14. The van der Waals surface area contributed by atoms with E-state index in [2.05, 4.69) is 19.2 Å². The van der Waals surface area contributed by atoms with E-state index in [1.807, 2.05) is 11.8 Å². The van der Waals surface area contributed by atoms with Crippen LogP contribution in [0.3, 0.4) is 0 Å². The molecule has 2 fully saturated rings. The summed E-state index contributed by atoms with van der Waals surface area (Å²) in [6.45, 7) is 6.85. The van der Waals surface area contributed by atoms with Crippen molar-refractivity contribution in [2.45, 2.75) is 57.6 Å². The van der Waals surface area contributed by atoms with Crippen LogP contribution in [0.15, 0.2) is 4.99 Å². The lowest BCUT2D eigenvalue weighted by molar-refractivity contribution is 0.333. The molecule has 2 saturated carbocycles. The number of amidine groups is 1. The first-order chi connectivity index (χ1) is 9.30. The fraction of sp³-hybridized carbons (Fsp3) is 0.938. The highest BCUT2D eigenvalue weighted by Gasteiger charge is 2.39.